The van der Waals surface area contributed by atoms with Crippen LogP contribution in [0.25, 0.3) is 28.1 Å². The van der Waals surface area contributed by atoms with Gasteiger partial charge >= 0.3 is 6.09 Å². The second kappa shape index (κ2) is 19.7. The number of phenols is 1. The van der Waals surface area contributed by atoms with Gasteiger partial charge < -0.3 is 35.6 Å². The highest BCUT2D eigenvalue weighted by Gasteiger charge is 2.39. The minimum absolute atomic E-state index is 0.0173. The Morgan fingerprint density at radius 3 is 2.38 bits per heavy atom. The van der Waals surface area contributed by atoms with Crippen LogP contribution < -0.4 is 27.2 Å². The molecule has 1 aliphatic carbocycles. The number of fused-ring (bicyclic) bond motifs is 1. The lowest BCUT2D eigenvalue weighted by molar-refractivity contribution is -0.116. The van der Waals surface area contributed by atoms with Crippen LogP contribution in [-0.4, -0.2) is 49.1 Å². The topological polar surface area (TPSA) is 168 Å². The Morgan fingerprint density at radius 1 is 0.933 bits per heavy atom. The van der Waals surface area contributed by atoms with Crippen LogP contribution in [0.15, 0.2) is 108 Å². The largest absolute Gasteiger partial charge is 0.506 e. The predicted octanol–water partition coefficient (Wildman–Crippen LogP) is 10.0. The Balaban J connectivity index is 1.02. The van der Waals surface area contributed by atoms with Crippen molar-refractivity contribution in [1.82, 2.24) is 10.3 Å². The number of hydrogen-bond acceptors (Lipinski definition) is 8. The van der Waals surface area contributed by atoms with Gasteiger partial charge in [-0.05, 0) is 103 Å². The number of nitrogens with two attached hydrogens (primary N) is 1. The minimum Gasteiger partial charge on any atom is -0.506 e. The molecular weight excluding hydrogens is 771 g/mol. The lowest BCUT2D eigenvalue weighted by atomic mass is 9.94. The minimum atomic E-state index is -2.21. The van der Waals surface area contributed by atoms with E-state index in [9.17, 15) is 19.5 Å². The number of aromatic nitrogens is 1. The van der Waals surface area contributed by atoms with Crippen molar-refractivity contribution in [3.8, 4) is 16.9 Å². The first-order valence-electron chi connectivity index (χ1n) is 20.9. The number of phenolic OH excluding ortho intramolecular Hbond substituents is 1. The van der Waals surface area contributed by atoms with E-state index < -0.39 is 14.4 Å². The SMILES string of the molecule is CC(C)(C)[Si](C)(C)O[C@H](CNCc1ccc(NC(=O)CC/C=C/c2ccc(-c3ccccc3)c(NC(=O)OC3CCC(N)CC3)c2)cc1)c1ccc(O)c2[nH]c(=O)ccc12. The van der Waals surface area contributed by atoms with Crippen molar-refractivity contribution in [1.29, 1.82) is 0 Å². The monoisotopic (exact) mass is 829 g/mol. The Morgan fingerprint density at radius 2 is 1.67 bits per heavy atom. The lowest BCUT2D eigenvalue weighted by Crippen LogP contribution is -2.43. The summed E-state index contributed by atoms with van der Waals surface area (Å²) in [6, 6.07) is 30.4. The summed E-state index contributed by atoms with van der Waals surface area (Å²) in [5.74, 6) is -0.0736. The number of allylic oxidation sites excluding steroid dienone is 1. The highest BCUT2D eigenvalue weighted by molar-refractivity contribution is 6.74. The normalized spacial score (nSPS) is 16.4. The zero-order valence-corrected chi connectivity index (χ0v) is 36.3. The summed E-state index contributed by atoms with van der Waals surface area (Å²) < 4.78 is 12.7. The molecule has 12 heteroatoms. The van der Waals surface area contributed by atoms with Crippen molar-refractivity contribution in [2.24, 2.45) is 5.73 Å². The number of benzene rings is 4. The molecule has 1 saturated carbocycles. The molecule has 0 bridgehead atoms. The van der Waals surface area contributed by atoms with Gasteiger partial charge in [-0.25, -0.2) is 4.79 Å². The van der Waals surface area contributed by atoms with E-state index in [-0.39, 0.29) is 40.5 Å². The number of rotatable bonds is 15. The quantitative estimate of drug-likeness (QED) is 0.0567. The molecule has 0 spiro atoms. The van der Waals surface area contributed by atoms with Gasteiger partial charge in [-0.3, -0.25) is 14.9 Å². The smallest absolute Gasteiger partial charge is 0.411 e. The van der Waals surface area contributed by atoms with Crippen LogP contribution in [-0.2, 0) is 20.5 Å². The van der Waals surface area contributed by atoms with Crippen LogP contribution in [0.2, 0.25) is 18.1 Å². The average molecular weight is 830 g/mol. The summed E-state index contributed by atoms with van der Waals surface area (Å²) in [7, 11) is -2.21. The van der Waals surface area contributed by atoms with Gasteiger partial charge in [-0.1, -0.05) is 93.6 Å². The van der Waals surface area contributed by atoms with E-state index >= 15 is 0 Å². The number of nitrogens with one attached hydrogen (secondary N) is 4. The average Bonchev–Trinajstić information content (AvgIpc) is 3.21. The number of carbonyl (C=O) groups is 2. The van der Waals surface area contributed by atoms with Crippen molar-refractivity contribution in [2.75, 3.05) is 17.2 Å². The molecule has 1 fully saturated rings. The van der Waals surface area contributed by atoms with Crippen molar-refractivity contribution in [3.63, 3.8) is 0 Å². The first-order valence-corrected chi connectivity index (χ1v) is 23.8. The molecular formula is C48H59N5O6Si. The standard InChI is InChI=1S/C48H59N5O6Si/c1-48(2,3)60(4,5)59-43(39-25-27-42(54)46-40(39)26-28-45(56)53-46)31-50-30-33-15-20-36(21-16-33)51-44(55)14-10-9-11-32-17-24-38(34-12-7-6-8-13-34)41(29-32)52-47(57)58-37-22-18-35(49)19-23-37/h6-9,11-13,15-17,20-21,24-29,35,37,43,50,54H,10,14,18-19,22-23,30-31,49H2,1-5H3,(H,51,55)(H,52,57)(H,53,56)/b11-9+/t35?,37?,43-/m1/s1. The van der Waals surface area contributed by atoms with Crippen LogP contribution in [0.3, 0.4) is 0 Å². The zero-order valence-electron chi connectivity index (χ0n) is 35.3. The summed E-state index contributed by atoms with van der Waals surface area (Å²) in [6.07, 6.45) is 7.04. The highest BCUT2D eigenvalue weighted by atomic mass is 28.4. The molecule has 5 aromatic rings. The van der Waals surface area contributed by atoms with E-state index in [0.717, 1.165) is 58.9 Å². The second-order valence-electron chi connectivity index (χ2n) is 17.2. The fraction of sp³-hybridized carbons (Fsp3) is 0.354. The molecule has 4 aromatic carbocycles. The molecule has 1 atom stereocenters. The third-order valence-electron chi connectivity index (χ3n) is 11.6. The maximum absolute atomic E-state index is 13.0. The van der Waals surface area contributed by atoms with Crippen LogP contribution >= 0.6 is 0 Å². The van der Waals surface area contributed by atoms with Gasteiger partial charge in [0.2, 0.25) is 11.5 Å². The third-order valence-corrected chi connectivity index (χ3v) is 16.1. The Kier molecular flexibility index (Phi) is 14.4. The van der Waals surface area contributed by atoms with Gasteiger partial charge in [0.05, 0.1) is 17.3 Å². The van der Waals surface area contributed by atoms with E-state index in [2.05, 4.69) is 54.8 Å². The van der Waals surface area contributed by atoms with Crippen LogP contribution in [0.1, 0.15) is 82.1 Å². The molecule has 6 rings (SSSR count). The molecule has 11 nitrogen and oxygen atoms in total. The number of ether oxygens (including phenoxy) is 1. The fourth-order valence-electron chi connectivity index (χ4n) is 7.13. The van der Waals surface area contributed by atoms with Crippen molar-refractivity contribution in [2.45, 2.75) is 102 Å². The number of carbonyl (C=O) groups excluding carboxylic acids is 2. The summed E-state index contributed by atoms with van der Waals surface area (Å²) >= 11 is 0. The number of anilines is 2. The van der Waals surface area contributed by atoms with Gasteiger partial charge in [0.15, 0.2) is 8.32 Å². The predicted molar refractivity (Wildman–Crippen MR) is 245 cm³/mol. The Labute approximate surface area is 353 Å². The van der Waals surface area contributed by atoms with E-state index in [1.54, 1.807) is 12.1 Å². The van der Waals surface area contributed by atoms with Crippen LogP contribution in [0.5, 0.6) is 5.75 Å². The fourth-order valence-corrected chi connectivity index (χ4v) is 8.41. The first kappa shape index (κ1) is 44.0. The van der Waals surface area contributed by atoms with E-state index in [1.165, 1.54) is 6.07 Å². The molecule has 2 amide bonds. The van der Waals surface area contributed by atoms with Crippen LogP contribution in [0.4, 0.5) is 16.2 Å². The number of aromatic hydroxyl groups is 1. The number of hydrogen-bond donors (Lipinski definition) is 6. The third kappa shape index (κ3) is 11.8. The summed E-state index contributed by atoms with van der Waals surface area (Å²) in [5, 5.41) is 20.8. The number of H-pyrrole nitrogens is 1. The van der Waals surface area contributed by atoms with Gasteiger partial charge in [0.25, 0.3) is 0 Å². The van der Waals surface area contributed by atoms with Crippen molar-refractivity contribution in [3.05, 3.63) is 130 Å². The molecule has 316 valence electrons. The summed E-state index contributed by atoms with van der Waals surface area (Å²) in [5.41, 5.74) is 12.2. The lowest BCUT2D eigenvalue weighted by Gasteiger charge is -2.39. The van der Waals surface area contributed by atoms with Gasteiger partial charge in [0.1, 0.15) is 11.9 Å². The maximum atomic E-state index is 13.0. The Hall–Kier alpha value is -5.53. The molecule has 0 saturated heterocycles. The zero-order chi connectivity index (χ0) is 42.9. The summed E-state index contributed by atoms with van der Waals surface area (Å²) in [6.45, 7) is 12.1. The molecule has 1 aliphatic rings. The Bertz CT molecular complexity index is 2330. The molecule has 0 aliphatic heterocycles. The molecule has 1 aromatic heterocycles. The summed E-state index contributed by atoms with van der Waals surface area (Å²) in [4.78, 5) is 40.7. The van der Waals surface area contributed by atoms with E-state index in [0.29, 0.717) is 42.8 Å². The van der Waals surface area contributed by atoms with Gasteiger partial charge in [-0.2, -0.15) is 0 Å². The van der Waals surface area contributed by atoms with E-state index in [4.69, 9.17) is 14.9 Å². The molecule has 7 N–H and O–H groups in total. The first-order chi connectivity index (χ1) is 28.6. The van der Waals surface area contributed by atoms with Crippen LogP contribution in [0, 0.1) is 0 Å². The van der Waals surface area contributed by atoms with E-state index in [1.807, 2.05) is 91.0 Å². The second-order valence-corrected chi connectivity index (χ2v) is 22.0. The van der Waals surface area contributed by atoms with Crippen molar-refractivity contribution < 1.29 is 23.9 Å². The molecule has 60 heavy (non-hydrogen) atoms. The molecule has 1 heterocycles. The molecule has 0 radical (unpaired) electrons. The maximum Gasteiger partial charge on any atom is 0.411 e. The number of amides is 2. The molecule has 0 unspecified atom stereocenters. The number of pyridine rings is 1. The number of aromatic amines is 1. The van der Waals surface area contributed by atoms with Gasteiger partial charge in [0, 0.05) is 48.3 Å². The van der Waals surface area contributed by atoms with Gasteiger partial charge in [-0.15, -0.1) is 0 Å². The van der Waals surface area contributed by atoms with Crippen molar-refractivity contribution >= 4 is 48.7 Å². The highest BCUT2D eigenvalue weighted by Crippen LogP contribution is 2.41.